The Kier molecular flexibility index (Phi) is 9.57. The number of hydrogen-bond donors (Lipinski definition) is 3. The molecule has 0 amide bonds. The second kappa shape index (κ2) is 12.4. The van der Waals surface area contributed by atoms with Crippen LogP contribution in [-0.2, 0) is 6.54 Å². The van der Waals surface area contributed by atoms with Crippen molar-refractivity contribution in [2.24, 2.45) is 4.99 Å². The van der Waals surface area contributed by atoms with Crippen molar-refractivity contribution in [1.29, 1.82) is 0 Å². The lowest BCUT2D eigenvalue weighted by atomic mass is 9.92. The minimum Gasteiger partial charge on any atom is -0.357 e. The highest BCUT2D eigenvalue weighted by Crippen LogP contribution is 2.25. The molecule has 1 saturated heterocycles. The van der Waals surface area contributed by atoms with Crippen molar-refractivity contribution in [3.8, 4) is 11.4 Å². The fourth-order valence-electron chi connectivity index (χ4n) is 4.75. The quantitative estimate of drug-likeness (QED) is 0.296. The fraction of sp³-hybridized carbons (Fsp3) is 0.609. The zero-order chi connectivity index (χ0) is 20.6. The summed E-state index contributed by atoms with van der Waals surface area (Å²) in [4.78, 5) is 11.8. The number of nitrogens with one attached hydrogen (secondary N) is 3. The zero-order valence-corrected chi connectivity index (χ0v) is 20.8. The van der Waals surface area contributed by atoms with Gasteiger partial charge in [-0.2, -0.15) is 5.10 Å². The normalized spacial score (nSPS) is 20.8. The molecular formula is C23H36IN7. The van der Waals surface area contributed by atoms with Crippen molar-refractivity contribution < 1.29 is 0 Å². The molecule has 1 aromatic carbocycles. The highest BCUT2D eigenvalue weighted by molar-refractivity contribution is 14.0. The minimum absolute atomic E-state index is 0. The van der Waals surface area contributed by atoms with Gasteiger partial charge in [0.05, 0.1) is 6.54 Å². The molecule has 1 aromatic heterocycles. The molecule has 1 aliphatic heterocycles. The number of piperidine rings is 1. The number of rotatable bonds is 6. The van der Waals surface area contributed by atoms with E-state index in [1.807, 2.05) is 12.1 Å². The molecule has 3 N–H and O–H groups in total. The lowest BCUT2D eigenvalue weighted by Crippen LogP contribution is -2.53. The van der Waals surface area contributed by atoms with Crippen molar-refractivity contribution in [2.75, 3.05) is 19.6 Å². The molecule has 4 rings (SSSR count). The van der Waals surface area contributed by atoms with Gasteiger partial charge in [0, 0.05) is 30.7 Å². The van der Waals surface area contributed by atoms with Gasteiger partial charge in [-0.05, 0) is 50.8 Å². The van der Waals surface area contributed by atoms with Crippen LogP contribution in [0.4, 0.5) is 0 Å². The molecule has 1 atom stereocenters. The second-order valence-electron chi connectivity index (χ2n) is 8.50. The van der Waals surface area contributed by atoms with Gasteiger partial charge in [-0.3, -0.25) is 10.00 Å². The first-order valence-corrected chi connectivity index (χ1v) is 11.6. The monoisotopic (exact) mass is 537 g/mol. The third-order valence-electron chi connectivity index (χ3n) is 6.26. The van der Waals surface area contributed by atoms with E-state index in [0.717, 1.165) is 42.0 Å². The van der Waals surface area contributed by atoms with Crippen molar-refractivity contribution in [1.82, 2.24) is 30.7 Å². The molecule has 0 bridgehead atoms. The summed E-state index contributed by atoms with van der Waals surface area (Å²) < 4.78 is 0. The van der Waals surface area contributed by atoms with Crippen molar-refractivity contribution >= 4 is 29.9 Å². The summed E-state index contributed by atoms with van der Waals surface area (Å²) >= 11 is 0. The van der Waals surface area contributed by atoms with Gasteiger partial charge in [0.2, 0.25) is 0 Å². The van der Waals surface area contributed by atoms with Crippen LogP contribution in [0.1, 0.15) is 57.4 Å². The third kappa shape index (κ3) is 6.90. The predicted molar refractivity (Wildman–Crippen MR) is 137 cm³/mol. The van der Waals surface area contributed by atoms with Crippen LogP contribution in [0.5, 0.6) is 0 Å². The number of benzene rings is 1. The summed E-state index contributed by atoms with van der Waals surface area (Å²) in [6.07, 6.45) is 11.0. The van der Waals surface area contributed by atoms with Gasteiger partial charge in [0.1, 0.15) is 6.33 Å². The Morgan fingerprint density at radius 1 is 1.19 bits per heavy atom. The van der Waals surface area contributed by atoms with E-state index in [1.165, 1.54) is 57.8 Å². The van der Waals surface area contributed by atoms with Gasteiger partial charge in [-0.25, -0.2) is 9.98 Å². The van der Waals surface area contributed by atoms with Crippen LogP contribution in [0.3, 0.4) is 0 Å². The van der Waals surface area contributed by atoms with E-state index in [0.29, 0.717) is 12.6 Å². The Bertz CT molecular complexity index is 802. The van der Waals surface area contributed by atoms with Gasteiger partial charge in [-0.1, -0.05) is 37.5 Å². The topological polar surface area (TPSA) is 81.2 Å². The van der Waals surface area contributed by atoms with Crippen LogP contribution in [0, 0.1) is 0 Å². The smallest absolute Gasteiger partial charge is 0.191 e. The van der Waals surface area contributed by atoms with Crippen LogP contribution < -0.4 is 10.6 Å². The standard InChI is InChI=1S/C23H35N7.HI/c1-2-24-23(25-15-18-8-6-9-19(14-18)22-26-17-27-29-22)28-20-10-7-13-30(16-20)21-11-4-3-5-12-21;/h6,8-9,14,17,20-21H,2-5,7,10-13,15-16H2,1H3,(H2,24,25,28)(H,26,27,29);1H. The zero-order valence-electron chi connectivity index (χ0n) is 18.5. The Hall–Kier alpha value is -1.68. The van der Waals surface area contributed by atoms with E-state index in [9.17, 15) is 0 Å². The average molecular weight is 537 g/mol. The lowest BCUT2D eigenvalue weighted by molar-refractivity contribution is 0.115. The average Bonchev–Trinajstić information content (AvgIpc) is 3.34. The SMILES string of the molecule is CCNC(=NCc1cccc(-c2ncn[nH]2)c1)NC1CCCN(C2CCCCC2)C1.I. The van der Waals surface area contributed by atoms with E-state index in [4.69, 9.17) is 4.99 Å². The summed E-state index contributed by atoms with van der Waals surface area (Å²) in [5.74, 6) is 1.70. The lowest BCUT2D eigenvalue weighted by Gasteiger charge is -2.40. The maximum Gasteiger partial charge on any atom is 0.191 e. The van der Waals surface area contributed by atoms with Crippen molar-refractivity contribution in [3.63, 3.8) is 0 Å². The van der Waals surface area contributed by atoms with Crippen LogP contribution in [-0.4, -0.2) is 57.8 Å². The molecule has 2 fully saturated rings. The number of H-pyrrole nitrogens is 1. The Morgan fingerprint density at radius 3 is 2.84 bits per heavy atom. The predicted octanol–water partition coefficient (Wildman–Crippen LogP) is 3.94. The van der Waals surface area contributed by atoms with Crippen LogP contribution in [0.25, 0.3) is 11.4 Å². The summed E-state index contributed by atoms with van der Waals surface area (Å²) in [5, 5.41) is 14.0. The number of likely N-dealkylation sites (tertiary alicyclic amines) is 1. The molecule has 2 aliphatic rings. The Balaban J connectivity index is 0.00000272. The van der Waals surface area contributed by atoms with Gasteiger partial charge < -0.3 is 10.6 Å². The largest absolute Gasteiger partial charge is 0.357 e. The number of nitrogens with zero attached hydrogens (tertiary/aromatic N) is 4. The number of halogens is 1. The van der Waals surface area contributed by atoms with E-state index >= 15 is 0 Å². The molecule has 2 aromatic rings. The van der Waals surface area contributed by atoms with E-state index in [-0.39, 0.29) is 24.0 Å². The van der Waals surface area contributed by atoms with Crippen molar-refractivity contribution in [2.45, 2.75) is 70.5 Å². The number of guanidine groups is 1. The molecule has 170 valence electrons. The van der Waals surface area contributed by atoms with Gasteiger partial charge in [-0.15, -0.1) is 24.0 Å². The number of hydrogen-bond acceptors (Lipinski definition) is 4. The molecule has 1 unspecified atom stereocenters. The number of aromatic amines is 1. The maximum absolute atomic E-state index is 4.87. The van der Waals surface area contributed by atoms with Crippen LogP contribution in [0.15, 0.2) is 35.6 Å². The first-order valence-electron chi connectivity index (χ1n) is 11.6. The summed E-state index contributed by atoms with van der Waals surface area (Å²) in [7, 11) is 0. The first kappa shape index (κ1) is 24.0. The van der Waals surface area contributed by atoms with Gasteiger partial charge in [0.15, 0.2) is 11.8 Å². The van der Waals surface area contributed by atoms with E-state index < -0.39 is 0 Å². The molecule has 2 heterocycles. The summed E-state index contributed by atoms with van der Waals surface area (Å²) in [6.45, 7) is 6.01. The highest BCUT2D eigenvalue weighted by Gasteiger charge is 2.27. The van der Waals surface area contributed by atoms with Gasteiger partial charge in [0.25, 0.3) is 0 Å². The molecule has 1 saturated carbocycles. The molecular weight excluding hydrogens is 501 g/mol. The maximum atomic E-state index is 4.87. The second-order valence-corrected chi connectivity index (χ2v) is 8.50. The van der Waals surface area contributed by atoms with E-state index in [2.05, 4.69) is 49.8 Å². The molecule has 0 radical (unpaired) electrons. The van der Waals surface area contributed by atoms with Gasteiger partial charge >= 0.3 is 0 Å². The minimum atomic E-state index is 0. The Labute approximate surface area is 202 Å². The summed E-state index contributed by atoms with van der Waals surface area (Å²) in [6, 6.07) is 9.59. The molecule has 31 heavy (non-hydrogen) atoms. The third-order valence-corrected chi connectivity index (χ3v) is 6.26. The number of aliphatic imine (C=N–C) groups is 1. The van der Waals surface area contributed by atoms with Crippen LogP contribution >= 0.6 is 24.0 Å². The number of aromatic nitrogens is 3. The summed E-state index contributed by atoms with van der Waals surface area (Å²) in [5.41, 5.74) is 2.20. The molecule has 0 spiro atoms. The Morgan fingerprint density at radius 2 is 2.06 bits per heavy atom. The van der Waals surface area contributed by atoms with E-state index in [1.54, 1.807) is 0 Å². The highest BCUT2D eigenvalue weighted by atomic mass is 127. The fourth-order valence-corrected chi connectivity index (χ4v) is 4.75. The molecule has 7 nitrogen and oxygen atoms in total. The first-order chi connectivity index (χ1) is 14.8. The van der Waals surface area contributed by atoms with Crippen molar-refractivity contribution in [3.05, 3.63) is 36.2 Å². The molecule has 8 heteroatoms. The van der Waals surface area contributed by atoms with Crippen LogP contribution in [0.2, 0.25) is 0 Å². The molecule has 1 aliphatic carbocycles.